The van der Waals surface area contributed by atoms with Gasteiger partial charge in [-0.15, -0.1) is 0 Å². The predicted octanol–water partition coefficient (Wildman–Crippen LogP) is 0.611. The molecular weight excluding hydrogens is 304 g/mol. The quantitative estimate of drug-likeness (QED) is 0.849. The number of carboxylic acids is 1. The smallest absolute Gasteiger partial charge is 0.347 e. The van der Waals surface area contributed by atoms with Crippen LogP contribution in [-0.4, -0.2) is 56.2 Å². The zero-order valence-corrected chi connectivity index (χ0v) is 12.8. The molecule has 0 amide bonds. The molecule has 1 saturated heterocycles. The van der Waals surface area contributed by atoms with Crippen LogP contribution >= 0.6 is 11.3 Å². The third kappa shape index (κ3) is 3.10. The van der Waals surface area contributed by atoms with Gasteiger partial charge in [-0.05, 0) is 6.42 Å². The van der Waals surface area contributed by atoms with Crippen LogP contribution in [0, 0.1) is 0 Å². The fourth-order valence-corrected chi connectivity index (χ4v) is 4.84. The van der Waals surface area contributed by atoms with Crippen LogP contribution in [0.3, 0.4) is 0 Å². The number of methoxy groups -OCH3 is 1. The average Bonchev–Trinajstić information content (AvgIpc) is 2.92. The first-order valence-electron chi connectivity index (χ1n) is 5.99. The highest BCUT2D eigenvalue weighted by Crippen LogP contribution is 2.30. The zero-order chi connectivity index (χ0) is 14.9. The summed E-state index contributed by atoms with van der Waals surface area (Å²) in [6, 6.07) is -0.150. The molecule has 0 aliphatic carbocycles. The van der Waals surface area contributed by atoms with Crippen molar-refractivity contribution < 1.29 is 23.1 Å². The highest BCUT2D eigenvalue weighted by Gasteiger charge is 2.32. The van der Waals surface area contributed by atoms with E-state index < -0.39 is 15.8 Å². The molecule has 1 aromatic rings. The molecule has 1 aliphatic rings. The molecule has 0 bridgehead atoms. The standard InChI is InChI=1S/C11H16N2O5S2/c1-13(7-3-4-20(16,17)6-7)11-12-8(5-18-2)9(19-11)10(14)15/h7H,3-6H2,1-2H3,(H,14,15). The van der Waals surface area contributed by atoms with Crippen molar-refractivity contribution in [2.45, 2.75) is 19.1 Å². The number of aromatic nitrogens is 1. The number of anilines is 1. The minimum Gasteiger partial charge on any atom is -0.477 e. The maximum atomic E-state index is 11.5. The topological polar surface area (TPSA) is 96.8 Å². The zero-order valence-electron chi connectivity index (χ0n) is 11.2. The van der Waals surface area contributed by atoms with Crippen LogP contribution in [0.1, 0.15) is 21.8 Å². The van der Waals surface area contributed by atoms with Crippen molar-refractivity contribution in [2.24, 2.45) is 0 Å². The van der Waals surface area contributed by atoms with E-state index in [0.29, 0.717) is 17.2 Å². The molecule has 2 rings (SSSR count). The molecule has 0 spiro atoms. The van der Waals surface area contributed by atoms with E-state index in [1.165, 1.54) is 7.11 Å². The Morgan fingerprint density at radius 1 is 1.60 bits per heavy atom. The lowest BCUT2D eigenvalue weighted by molar-refractivity contribution is 0.0697. The SMILES string of the molecule is COCc1nc(N(C)C2CCS(=O)(=O)C2)sc1C(=O)O. The van der Waals surface area contributed by atoms with Gasteiger partial charge in [-0.3, -0.25) is 0 Å². The third-order valence-corrected chi connectivity index (χ3v) is 6.15. The fraction of sp³-hybridized carbons (Fsp3) is 0.636. The van der Waals surface area contributed by atoms with Gasteiger partial charge in [-0.1, -0.05) is 11.3 Å². The van der Waals surface area contributed by atoms with Crippen LogP contribution < -0.4 is 4.90 Å². The van der Waals surface area contributed by atoms with Crippen LogP contribution in [0.4, 0.5) is 5.13 Å². The van der Waals surface area contributed by atoms with Crippen molar-refractivity contribution in [1.29, 1.82) is 0 Å². The van der Waals surface area contributed by atoms with Crippen LogP contribution in [0.15, 0.2) is 0 Å². The maximum Gasteiger partial charge on any atom is 0.347 e. The highest BCUT2D eigenvalue weighted by molar-refractivity contribution is 7.91. The summed E-state index contributed by atoms with van der Waals surface area (Å²) in [6.45, 7) is 0.120. The largest absolute Gasteiger partial charge is 0.477 e. The summed E-state index contributed by atoms with van der Waals surface area (Å²) < 4.78 is 27.9. The molecule has 1 N–H and O–H groups in total. The number of hydrogen-bond donors (Lipinski definition) is 1. The number of thiazole rings is 1. The molecule has 1 unspecified atom stereocenters. The van der Waals surface area contributed by atoms with Crippen LogP contribution in [0.5, 0.6) is 0 Å². The van der Waals surface area contributed by atoms with E-state index in [4.69, 9.17) is 9.84 Å². The maximum absolute atomic E-state index is 11.5. The van der Waals surface area contributed by atoms with E-state index in [1.807, 2.05) is 0 Å². The summed E-state index contributed by atoms with van der Waals surface area (Å²) in [5.74, 6) is -0.789. The number of sulfone groups is 1. The van der Waals surface area contributed by atoms with E-state index >= 15 is 0 Å². The number of ether oxygens (including phenoxy) is 1. The number of aromatic carboxylic acids is 1. The monoisotopic (exact) mass is 320 g/mol. The van der Waals surface area contributed by atoms with E-state index in [-0.39, 0.29) is 29.0 Å². The Kier molecular flexibility index (Phi) is 4.31. The first kappa shape index (κ1) is 15.2. The minimum absolute atomic E-state index is 0.0884. The summed E-state index contributed by atoms with van der Waals surface area (Å²) in [7, 11) is 0.229. The minimum atomic E-state index is -2.98. The van der Waals surface area contributed by atoms with Crippen molar-refractivity contribution in [2.75, 3.05) is 30.6 Å². The van der Waals surface area contributed by atoms with Gasteiger partial charge in [0.15, 0.2) is 15.0 Å². The van der Waals surface area contributed by atoms with Crippen LogP contribution in [-0.2, 0) is 21.2 Å². The van der Waals surface area contributed by atoms with Crippen molar-refractivity contribution >= 4 is 32.3 Å². The molecular formula is C11H16N2O5S2. The Morgan fingerprint density at radius 2 is 2.30 bits per heavy atom. The normalized spacial score (nSPS) is 21.0. The lowest BCUT2D eigenvalue weighted by Crippen LogP contribution is -2.32. The number of nitrogens with zero attached hydrogens (tertiary/aromatic N) is 2. The fourth-order valence-electron chi connectivity index (χ4n) is 2.13. The number of carboxylic acid groups (broad SMARTS) is 1. The molecule has 1 aliphatic heterocycles. The van der Waals surface area contributed by atoms with Gasteiger partial charge in [0.05, 0.1) is 23.8 Å². The summed E-state index contributed by atoms with van der Waals surface area (Å²) in [5.41, 5.74) is 0.368. The van der Waals surface area contributed by atoms with E-state index in [0.717, 1.165) is 11.3 Å². The number of carbonyl (C=O) groups is 1. The summed E-state index contributed by atoms with van der Waals surface area (Å²) in [5, 5.41) is 9.65. The molecule has 2 heterocycles. The number of hydrogen-bond acceptors (Lipinski definition) is 7. The molecule has 20 heavy (non-hydrogen) atoms. The first-order valence-corrected chi connectivity index (χ1v) is 8.63. The van der Waals surface area contributed by atoms with Crippen molar-refractivity contribution in [1.82, 2.24) is 4.98 Å². The third-order valence-electron chi connectivity index (χ3n) is 3.22. The van der Waals surface area contributed by atoms with Crippen LogP contribution in [0.2, 0.25) is 0 Å². The molecule has 9 heteroatoms. The molecule has 0 radical (unpaired) electrons. The second-order valence-corrected chi connectivity index (χ2v) is 7.88. The Labute approximate surface area is 121 Å². The van der Waals surface area contributed by atoms with Gasteiger partial charge in [0.25, 0.3) is 0 Å². The second-order valence-electron chi connectivity index (χ2n) is 4.68. The van der Waals surface area contributed by atoms with Gasteiger partial charge < -0.3 is 14.7 Å². The van der Waals surface area contributed by atoms with Gasteiger partial charge >= 0.3 is 5.97 Å². The van der Waals surface area contributed by atoms with E-state index in [1.54, 1.807) is 11.9 Å². The second kappa shape index (κ2) is 5.66. The van der Waals surface area contributed by atoms with Gasteiger partial charge in [0.2, 0.25) is 0 Å². The van der Waals surface area contributed by atoms with Crippen LogP contribution in [0.25, 0.3) is 0 Å². The van der Waals surface area contributed by atoms with Crippen molar-refractivity contribution in [3.63, 3.8) is 0 Å². The Hall–Kier alpha value is -1.19. The van der Waals surface area contributed by atoms with Gasteiger partial charge in [-0.25, -0.2) is 18.2 Å². The predicted molar refractivity (Wildman–Crippen MR) is 75.2 cm³/mol. The summed E-state index contributed by atoms with van der Waals surface area (Å²) in [6.07, 6.45) is 0.542. The molecule has 1 fully saturated rings. The van der Waals surface area contributed by atoms with E-state index in [9.17, 15) is 13.2 Å². The Balaban J connectivity index is 2.24. The van der Waals surface area contributed by atoms with E-state index in [2.05, 4.69) is 4.98 Å². The van der Waals surface area contributed by atoms with Crippen molar-refractivity contribution in [3.05, 3.63) is 10.6 Å². The van der Waals surface area contributed by atoms with Gasteiger partial charge in [0, 0.05) is 20.2 Å². The lowest BCUT2D eigenvalue weighted by Gasteiger charge is -2.22. The first-order chi connectivity index (χ1) is 9.34. The Bertz CT molecular complexity index is 610. The Morgan fingerprint density at radius 3 is 2.80 bits per heavy atom. The molecule has 1 atom stereocenters. The number of rotatable bonds is 5. The lowest BCUT2D eigenvalue weighted by atomic mass is 10.2. The summed E-state index contributed by atoms with van der Waals surface area (Å²) in [4.78, 5) is 17.3. The molecule has 0 aromatic carbocycles. The molecule has 7 nitrogen and oxygen atoms in total. The molecule has 1 aromatic heterocycles. The highest BCUT2D eigenvalue weighted by atomic mass is 32.2. The van der Waals surface area contributed by atoms with Crippen molar-refractivity contribution in [3.8, 4) is 0 Å². The molecule has 0 saturated carbocycles. The van der Waals surface area contributed by atoms with Gasteiger partial charge in [-0.2, -0.15) is 0 Å². The molecule has 112 valence electrons. The average molecular weight is 320 g/mol. The summed E-state index contributed by atoms with van der Waals surface area (Å²) >= 11 is 1.04. The van der Waals surface area contributed by atoms with Gasteiger partial charge in [0.1, 0.15) is 4.88 Å².